The van der Waals surface area contributed by atoms with Gasteiger partial charge in [0.05, 0.1) is 21.3 Å². The molecule has 0 bridgehead atoms. The Morgan fingerprint density at radius 3 is 2.34 bits per heavy atom. The van der Waals surface area contributed by atoms with Gasteiger partial charge in [0, 0.05) is 57.0 Å². The molecule has 1 saturated heterocycles. The molecule has 0 saturated carbocycles. The first-order valence-electron chi connectivity index (χ1n) is 10.7. The van der Waals surface area contributed by atoms with Crippen LogP contribution in [0.15, 0.2) is 34.0 Å². The minimum atomic E-state index is 0. The SMILES string of the molecule is CN=C(NCCc1c(OC)cc(OC)cc1OC)NC1CCN(Cc2ccsc2)CC1.I. The molecule has 2 heterocycles. The average Bonchev–Trinajstić information content (AvgIpc) is 3.32. The molecule has 0 spiro atoms. The van der Waals surface area contributed by atoms with Gasteiger partial charge in [-0.25, -0.2) is 0 Å². The van der Waals surface area contributed by atoms with Gasteiger partial charge in [0.15, 0.2) is 5.96 Å². The number of hydrogen-bond donors (Lipinski definition) is 2. The fourth-order valence-electron chi connectivity index (χ4n) is 3.89. The molecule has 9 heteroatoms. The van der Waals surface area contributed by atoms with Crippen molar-refractivity contribution in [3.05, 3.63) is 40.1 Å². The molecule has 32 heavy (non-hydrogen) atoms. The van der Waals surface area contributed by atoms with Crippen molar-refractivity contribution in [3.8, 4) is 17.2 Å². The lowest BCUT2D eigenvalue weighted by atomic mass is 10.0. The number of guanidine groups is 1. The average molecular weight is 575 g/mol. The zero-order valence-corrected chi connectivity index (χ0v) is 22.5. The van der Waals surface area contributed by atoms with Crippen molar-refractivity contribution in [1.82, 2.24) is 15.5 Å². The van der Waals surface area contributed by atoms with Gasteiger partial charge in [0.25, 0.3) is 0 Å². The van der Waals surface area contributed by atoms with Gasteiger partial charge < -0.3 is 24.8 Å². The van der Waals surface area contributed by atoms with Gasteiger partial charge in [-0.1, -0.05) is 0 Å². The molecule has 0 amide bonds. The van der Waals surface area contributed by atoms with E-state index in [-0.39, 0.29) is 24.0 Å². The topological polar surface area (TPSA) is 67.4 Å². The summed E-state index contributed by atoms with van der Waals surface area (Å²) in [5.41, 5.74) is 2.42. The maximum atomic E-state index is 5.55. The van der Waals surface area contributed by atoms with Crippen molar-refractivity contribution >= 4 is 41.3 Å². The van der Waals surface area contributed by atoms with Gasteiger partial charge >= 0.3 is 0 Å². The fraction of sp³-hybridized carbons (Fsp3) is 0.522. The number of nitrogens with one attached hydrogen (secondary N) is 2. The first-order chi connectivity index (χ1) is 15.2. The van der Waals surface area contributed by atoms with Gasteiger partial charge in [-0.15, -0.1) is 24.0 Å². The highest BCUT2D eigenvalue weighted by Crippen LogP contribution is 2.34. The standard InChI is InChI=1S/C23H34N4O3S.HI/c1-24-23(26-18-6-10-27(11-7-18)15-17-8-12-31-16-17)25-9-5-20-21(29-3)13-19(28-2)14-22(20)30-4;/h8,12-14,16,18H,5-7,9-11,15H2,1-4H3,(H2,24,25,26);1H. The Morgan fingerprint density at radius 1 is 1.12 bits per heavy atom. The molecule has 178 valence electrons. The quantitative estimate of drug-likeness (QED) is 0.270. The molecule has 2 N–H and O–H groups in total. The minimum Gasteiger partial charge on any atom is -0.496 e. The summed E-state index contributed by atoms with van der Waals surface area (Å²) in [5.74, 6) is 3.08. The van der Waals surface area contributed by atoms with Crippen LogP contribution in [0.1, 0.15) is 24.0 Å². The third-order valence-corrected chi connectivity index (χ3v) is 6.35. The number of benzene rings is 1. The number of rotatable bonds is 9. The van der Waals surface area contributed by atoms with Crippen LogP contribution < -0.4 is 24.8 Å². The van der Waals surface area contributed by atoms with E-state index in [0.29, 0.717) is 11.8 Å². The summed E-state index contributed by atoms with van der Waals surface area (Å²) < 4.78 is 16.4. The maximum absolute atomic E-state index is 5.55. The third-order valence-electron chi connectivity index (χ3n) is 5.62. The molecule has 1 aliphatic heterocycles. The summed E-state index contributed by atoms with van der Waals surface area (Å²) in [5, 5.41) is 11.4. The second-order valence-electron chi connectivity index (χ2n) is 7.59. The van der Waals surface area contributed by atoms with E-state index in [1.807, 2.05) is 19.2 Å². The monoisotopic (exact) mass is 574 g/mol. The first-order valence-corrected chi connectivity index (χ1v) is 11.6. The molecular formula is C23H35IN4O3S. The molecule has 0 aliphatic carbocycles. The van der Waals surface area contributed by atoms with E-state index >= 15 is 0 Å². The van der Waals surface area contributed by atoms with Gasteiger partial charge in [-0.3, -0.25) is 9.89 Å². The highest BCUT2D eigenvalue weighted by Gasteiger charge is 2.20. The smallest absolute Gasteiger partial charge is 0.191 e. The van der Waals surface area contributed by atoms with E-state index in [4.69, 9.17) is 14.2 Å². The molecule has 1 fully saturated rings. The zero-order valence-electron chi connectivity index (χ0n) is 19.3. The molecule has 7 nitrogen and oxygen atoms in total. The number of aliphatic imine (C=N–C) groups is 1. The van der Waals surface area contributed by atoms with E-state index in [2.05, 4.69) is 37.4 Å². The molecule has 1 aliphatic rings. The van der Waals surface area contributed by atoms with Crippen LogP contribution >= 0.6 is 35.3 Å². The molecular weight excluding hydrogens is 539 g/mol. The Balaban J connectivity index is 0.00000363. The van der Waals surface area contributed by atoms with Crippen molar-refractivity contribution in [3.63, 3.8) is 0 Å². The lowest BCUT2D eigenvalue weighted by Gasteiger charge is -2.33. The maximum Gasteiger partial charge on any atom is 0.191 e. The van der Waals surface area contributed by atoms with Crippen LogP contribution in [0, 0.1) is 0 Å². The molecule has 3 rings (SSSR count). The molecule has 0 atom stereocenters. The number of nitrogens with zero attached hydrogens (tertiary/aromatic N) is 2. The van der Waals surface area contributed by atoms with Crippen LogP contribution in [-0.4, -0.2) is 64.9 Å². The van der Waals surface area contributed by atoms with E-state index in [1.54, 1.807) is 32.7 Å². The lowest BCUT2D eigenvalue weighted by Crippen LogP contribution is -2.48. The Hall–Kier alpha value is -1.72. The number of piperidine rings is 1. The predicted molar refractivity (Wildman–Crippen MR) is 142 cm³/mol. The van der Waals surface area contributed by atoms with Crippen molar-refractivity contribution in [2.24, 2.45) is 4.99 Å². The second-order valence-corrected chi connectivity index (χ2v) is 8.37. The van der Waals surface area contributed by atoms with Crippen molar-refractivity contribution in [1.29, 1.82) is 0 Å². The zero-order chi connectivity index (χ0) is 22.1. The van der Waals surface area contributed by atoms with Gasteiger partial charge in [-0.2, -0.15) is 11.3 Å². The van der Waals surface area contributed by atoms with E-state index in [0.717, 1.165) is 68.5 Å². The largest absolute Gasteiger partial charge is 0.496 e. The summed E-state index contributed by atoms with van der Waals surface area (Å²) >= 11 is 1.77. The minimum absolute atomic E-state index is 0. The lowest BCUT2D eigenvalue weighted by molar-refractivity contribution is 0.198. The summed E-state index contributed by atoms with van der Waals surface area (Å²) in [6.45, 7) is 3.97. The van der Waals surface area contributed by atoms with Crippen molar-refractivity contribution < 1.29 is 14.2 Å². The summed E-state index contributed by atoms with van der Waals surface area (Å²) in [4.78, 5) is 6.93. The van der Waals surface area contributed by atoms with E-state index in [9.17, 15) is 0 Å². The van der Waals surface area contributed by atoms with Gasteiger partial charge in [0.2, 0.25) is 0 Å². The normalized spacial score (nSPS) is 15.1. The van der Waals surface area contributed by atoms with Gasteiger partial charge in [0.1, 0.15) is 17.2 Å². The Labute approximate surface area is 212 Å². The van der Waals surface area contributed by atoms with Crippen molar-refractivity contribution in [2.75, 3.05) is 48.0 Å². The van der Waals surface area contributed by atoms with Crippen LogP contribution in [0.4, 0.5) is 0 Å². The van der Waals surface area contributed by atoms with E-state index in [1.165, 1.54) is 5.56 Å². The number of hydrogen-bond acceptors (Lipinski definition) is 6. The molecule has 1 aromatic heterocycles. The van der Waals surface area contributed by atoms with E-state index < -0.39 is 0 Å². The Kier molecular flexibility index (Phi) is 11.4. The predicted octanol–water partition coefficient (Wildman–Crippen LogP) is 3.76. The number of methoxy groups -OCH3 is 3. The Morgan fingerprint density at radius 2 is 1.81 bits per heavy atom. The Bertz CT molecular complexity index is 815. The highest BCUT2D eigenvalue weighted by molar-refractivity contribution is 14.0. The van der Waals surface area contributed by atoms with Gasteiger partial charge in [-0.05, 0) is 41.7 Å². The van der Waals surface area contributed by atoms with Crippen LogP contribution in [0.3, 0.4) is 0 Å². The summed E-state index contributed by atoms with van der Waals surface area (Å²) in [6, 6.07) is 6.42. The van der Waals surface area contributed by atoms with Crippen LogP contribution in [0.2, 0.25) is 0 Å². The number of thiophene rings is 1. The molecule has 1 aromatic carbocycles. The second kappa shape index (κ2) is 13.7. The van der Waals surface area contributed by atoms with Crippen molar-refractivity contribution in [2.45, 2.75) is 31.8 Å². The molecule has 0 unspecified atom stereocenters. The highest BCUT2D eigenvalue weighted by atomic mass is 127. The first kappa shape index (κ1) is 26.5. The molecule has 2 aromatic rings. The van der Waals surface area contributed by atoms with Crippen LogP contribution in [-0.2, 0) is 13.0 Å². The fourth-order valence-corrected chi connectivity index (χ4v) is 4.55. The van der Waals surface area contributed by atoms with Crippen LogP contribution in [0.25, 0.3) is 0 Å². The third kappa shape index (κ3) is 7.41. The number of ether oxygens (including phenoxy) is 3. The summed E-state index contributed by atoms with van der Waals surface area (Å²) in [7, 11) is 6.78. The van der Waals surface area contributed by atoms with Crippen LogP contribution in [0.5, 0.6) is 17.2 Å². The summed E-state index contributed by atoms with van der Waals surface area (Å²) in [6.07, 6.45) is 2.98. The molecule has 0 radical (unpaired) electrons. The number of halogens is 1. The number of likely N-dealkylation sites (tertiary alicyclic amines) is 1.